The van der Waals surface area contributed by atoms with Gasteiger partial charge in [0, 0.05) is 36.6 Å². The Morgan fingerprint density at radius 3 is 2.86 bits per heavy atom. The summed E-state index contributed by atoms with van der Waals surface area (Å²) in [6, 6.07) is 13.8. The van der Waals surface area contributed by atoms with Gasteiger partial charge in [0.05, 0.1) is 0 Å². The zero-order valence-electron chi connectivity index (χ0n) is 11.9. The minimum atomic E-state index is 0.0127. The van der Waals surface area contributed by atoms with Gasteiger partial charge in [-0.3, -0.25) is 9.78 Å². The van der Waals surface area contributed by atoms with Crippen LogP contribution in [0.15, 0.2) is 48.7 Å². The third-order valence-electron chi connectivity index (χ3n) is 3.80. The number of nitrogens with zero attached hydrogens (tertiary/aromatic N) is 2. The number of pyridine rings is 1. The van der Waals surface area contributed by atoms with Gasteiger partial charge in [-0.15, -0.1) is 0 Å². The highest BCUT2D eigenvalue weighted by atomic mass is 16.2. The van der Waals surface area contributed by atoms with Crippen molar-refractivity contribution in [3.63, 3.8) is 0 Å². The van der Waals surface area contributed by atoms with Crippen molar-refractivity contribution in [2.45, 2.75) is 25.3 Å². The summed E-state index contributed by atoms with van der Waals surface area (Å²) in [7, 11) is 0. The second-order valence-electron chi connectivity index (χ2n) is 5.42. The number of para-hydroxylation sites is 1. The van der Waals surface area contributed by atoms with Crippen LogP contribution in [0.3, 0.4) is 0 Å². The van der Waals surface area contributed by atoms with E-state index in [9.17, 15) is 4.79 Å². The maximum absolute atomic E-state index is 12.5. The first-order valence-electron chi connectivity index (χ1n) is 7.28. The molecule has 0 saturated carbocycles. The number of nitrogens with two attached hydrogens (primary N) is 1. The molecule has 0 bridgehead atoms. The number of amides is 1. The van der Waals surface area contributed by atoms with Gasteiger partial charge in [0.15, 0.2) is 0 Å². The minimum absolute atomic E-state index is 0.0127. The highest BCUT2D eigenvalue weighted by molar-refractivity contribution is 5.94. The Kier molecular flexibility index (Phi) is 3.97. The van der Waals surface area contributed by atoms with Crippen LogP contribution in [-0.4, -0.2) is 23.5 Å². The summed E-state index contributed by atoms with van der Waals surface area (Å²) in [4.78, 5) is 18.6. The van der Waals surface area contributed by atoms with E-state index >= 15 is 0 Å². The van der Waals surface area contributed by atoms with E-state index in [-0.39, 0.29) is 11.9 Å². The van der Waals surface area contributed by atoms with E-state index in [1.165, 1.54) is 0 Å². The highest BCUT2D eigenvalue weighted by Crippen LogP contribution is 2.27. The molecule has 3 rings (SSSR count). The van der Waals surface area contributed by atoms with Gasteiger partial charge in [-0.05, 0) is 36.6 Å². The van der Waals surface area contributed by atoms with Crippen molar-refractivity contribution in [1.29, 1.82) is 0 Å². The molecule has 0 aliphatic carbocycles. The molecule has 21 heavy (non-hydrogen) atoms. The number of aryl methyl sites for hydroxylation is 1. The molecule has 0 radical (unpaired) electrons. The summed E-state index contributed by atoms with van der Waals surface area (Å²) in [5.74, 6) is 0.114. The lowest BCUT2D eigenvalue weighted by atomic mass is 9.98. The van der Waals surface area contributed by atoms with Crippen LogP contribution in [-0.2, 0) is 17.6 Å². The topological polar surface area (TPSA) is 59.2 Å². The SMILES string of the molecule is NC1Cc2ccccc2N(C(=O)CCc2ccccn2)C1. The summed E-state index contributed by atoms with van der Waals surface area (Å²) in [6.07, 6.45) is 3.71. The average Bonchev–Trinajstić information content (AvgIpc) is 2.52. The van der Waals surface area contributed by atoms with E-state index in [2.05, 4.69) is 4.98 Å². The van der Waals surface area contributed by atoms with Gasteiger partial charge in [-0.2, -0.15) is 0 Å². The molecule has 108 valence electrons. The summed E-state index contributed by atoms with van der Waals surface area (Å²) in [6.45, 7) is 0.595. The maximum Gasteiger partial charge on any atom is 0.227 e. The number of rotatable bonds is 3. The summed E-state index contributed by atoms with van der Waals surface area (Å²) in [5, 5.41) is 0. The number of carbonyl (C=O) groups is 1. The predicted molar refractivity (Wildman–Crippen MR) is 83.0 cm³/mol. The second kappa shape index (κ2) is 6.06. The molecule has 1 atom stereocenters. The van der Waals surface area contributed by atoms with Gasteiger partial charge >= 0.3 is 0 Å². The molecule has 1 aliphatic rings. The lowest BCUT2D eigenvalue weighted by molar-refractivity contribution is -0.118. The Morgan fingerprint density at radius 1 is 1.24 bits per heavy atom. The quantitative estimate of drug-likeness (QED) is 0.935. The predicted octanol–water partition coefficient (Wildman–Crippen LogP) is 1.93. The molecule has 4 heteroatoms. The number of aromatic nitrogens is 1. The number of hydrogen-bond acceptors (Lipinski definition) is 3. The van der Waals surface area contributed by atoms with E-state index in [0.717, 1.165) is 23.4 Å². The Morgan fingerprint density at radius 2 is 2.05 bits per heavy atom. The number of fused-ring (bicyclic) bond motifs is 1. The fraction of sp³-hybridized carbons (Fsp3) is 0.294. The second-order valence-corrected chi connectivity index (χ2v) is 5.42. The smallest absolute Gasteiger partial charge is 0.227 e. The largest absolute Gasteiger partial charge is 0.326 e. The molecule has 4 nitrogen and oxygen atoms in total. The molecule has 0 fully saturated rings. The van der Waals surface area contributed by atoms with Crippen LogP contribution in [0.25, 0.3) is 0 Å². The molecule has 2 aromatic rings. The standard InChI is InChI=1S/C17H19N3O/c18-14-11-13-5-1-2-7-16(13)20(12-14)17(21)9-8-15-6-3-4-10-19-15/h1-7,10,14H,8-9,11-12,18H2. The zero-order valence-corrected chi connectivity index (χ0v) is 11.9. The van der Waals surface area contributed by atoms with Crippen molar-refractivity contribution in [1.82, 2.24) is 4.98 Å². The van der Waals surface area contributed by atoms with Crippen molar-refractivity contribution in [3.8, 4) is 0 Å². The Balaban J connectivity index is 1.73. The number of anilines is 1. The molecule has 2 N–H and O–H groups in total. The summed E-state index contributed by atoms with van der Waals surface area (Å²) in [5.41, 5.74) is 9.18. The van der Waals surface area contributed by atoms with E-state index < -0.39 is 0 Å². The Labute approximate surface area is 124 Å². The fourth-order valence-corrected chi connectivity index (χ4v) is 2.78. The van der Waals surface area contributed by atoms with Crippen LogP contribution >= 0.6 is 0 Å². The maximum atomic E-state index is 12.5. The molecule has 1 aromatic carbocycles. The fourth-order valence-electron chi connectivity index (χ4n) is 2.78. The summed E-state index contributed by atoms with van der Waals surface area (Å²) < 4.78 is 0. The van der Waals surface area contributed by atoms with Crippen molar-refractivity contribution in [2.24, 2.45) is 5.73 Å². The molecule has 0 saturated heterocycles. The molecule has 2 heterocycles. The first-order chi connectivity index (χ1) is 10.2. The van der Waals surface area contributed by atoms with E-state index in [0.29, 0.717) is 19.4 Å². The first-order valence-corrected chi connectivity index (χ1v) is 7.28. The third kappa shape index (κ3) is 3.11. The lowest BCUT2D eigenvalue weighted by Crippen LogP contribution is -2.46. The first kappa shape index (κ1) is 13.8. The van der Waals surface area contributed by atoms with Crippen molar-refractivity contribution in [3.05, 3.63) is 59.9 Å². The Bertz CT molecular complexity index is 627. The summed E-state index contributed by atoms with van der Waals surface area (Å²) >= 11 is 0. The van der Waals surface area contributed by atoms with Gasteiger partial charge in [0.2, 0.25) is 5.91 Å². The van der Waals surface area contributed by atoms with E-state index in [1.54, 1.807) is 6.20 Å². The van der Waals surface area contributed by atoms with Crippen LogP contribution in [0.2, 0.25) is 0 Å². The lowest BCUT2D eigenvalue weighted by Gasteiger charge is -2.33. The van der Waals surface area contributed by atoms with Gasteiger partial charge in [0.1, 0.15) is 0 Å². The normalized spacial score (nSPS) is 17.4. The van der Waals surface area contributed by atoms with Crippen LogP contribution in [0.5, 0.6) is 0 Å². The Hall–Kier alpha value is -2.20. The van der Waals surface area contributed by atoms with Gasteiger partial charge in [-0.25, -0.2) is 0 Å². The van der Waals surface area contributed by atoms with Crippen molar-refractivity contribution >= 4 is 11.6 Å². The monoisotopic (exact) mass is 281 g/mol. The molecule has 1 aromatic heterocycles. The van der Waals surface area contributed by atoms with E-state index in [4.69, 9.17) is 5.73 Å². The van der Waals surface area contributed by atoms with Crippen molar-refractivity contribution < 1.29 is 4.79 Å². The van der Waals surface area contributed by atoms with Gasteiger partial charge < -0.3 is 10.6 Å². The zero-order chi connectivity index (χ0) is 14.7. The van der Waals surface area contributed by atoms with Crippen LogP contribution in [0, 0.1) is 0 Å². The highest BCUT2D eigenvalue weighted by Gasteiger charge is 2.25. The molecule has 1 amide bonds. The van der Waals surface area contributed by atoms with Crippen molar-refractivity contribution in [2.75, 3.05) is 11.4 Å². The minimum Gasteiger partial charge on any atom is -0.326 e. The molecule has 1 aliphatic heterocycles. The molecule has 0 spiro atoms. The molecular formula is C17H19N3O. The van der Waals surface area contributed by atoms with E-state index in [1.807, 2.05) is 47.4 Å². The number of carbonyl (C=O) groups excluding carboxylic acids is 1. The third-order valence-corrected chi connectivity index (χ3v) is 3.80. The van der Waals surface area contributed by atoms with Crippen LogP contribution in [0.4, 0.5) is 5.69 Å². The van der Waals surface area contributed by atoms with Gasteiger partial charge in [-0.1, -0.05) is 24.3 Å². The number of hydrogen-bond donors (Lipinski definition) is 1. The van der Waals surface area contributed by atoms with Crippen LogP contribution < -0.4 is 10.6 Å². The average molecular weight is 281 g/mol. The van der Waals surface area contributed by atoms with Gasteiger partial charge in [0.25, 0.3) is 0 Å². The molecular weight excluding hydrogens is 262 g/mol. The van der Waals surface area contributed by atoms with Crippen LogP contribution in [0.1, 0.15) is 17.7 Å². The number of benzene rings is 1. The molecule has 1 unspecified atom stereocenters.